The normalized spacial score (nSPS) is 11.6. The number of benzene rings is 2. The van der Waals surface area contributed by atoms with Crippen LogP contribution in [-0.4, -0.2) is 16.4 Å². The third-order valence-electron chi connectivity index (χ3n) is 4.00. The summed E-state index contributed by atoms with van der Waals surface area (Å²) in [7, 11) is 0. The van der Waals surface area contributed by atoms with Gasteiger partial charge in [-0.15, -0.1) is 0 Å². The van der Waals surface area contributed by atoms with Gasteiger partial charge in [-0.25, -0.2) is 0 Å². The Morgan fingerprint density at radius 2 is 1.78 bits per heavy atom. The van der Waals surface area contributed by atoms with Gasteiger partial charge in [0.25, 0.3) is 0 Å². The fourth-order valence-corrected chi connectivity index (χ4v) is 2.82. The highest BCUT2D eigenvalue weighted by Gasteiger charge is 2.31. The lowest BCUT2D eigenvalue weighted by molar-refractivity contribution is -0.137. The summed E-state index contributed by atoms with van der Waals surface area (Å²) in [5.74, 6) is -0.887. The maximum atomic E-state index is 12.8. The molecule has 2 aromatic carbocycles. The molecule has 27 heavy (non-hydrogen) atoms. The third-order valence-corrected chi connectivity index (χ3v) is 4.33. The topological polar surface area (TPSA) is 51.1 Å². The molecule has 3 rings (SSSR count). The Labute approximate surface area is 157 Å². The summed E-state index contributed by atoms with van der Waals surface area (Å²) in [6.45, 7) is 0. The average Bonchev–Trinajstić information content (AvgIpc) is 3.05. The third kappa shape index (κ3) is 4.31. The molecule has 1 amide bonds. The second-order valence-corrected chi connectivity index (χ2v) is 6.29. The molecule has 0 bridgehead atoms. The van der Waals surface area contributed by atoms with Gasteiger partial charge in [0.15, 0.2) is 0 Å². The molecule has 0 saturated heterocycles. The minimum Gasteiger partial charge on any atom is -0.325 e. The van der Waals surface area contributed by atoms with Crippen LogP contribution in [0.4, 0.5) is 18.9 Å². The maximum absolute atomic E-state index is 12.8. The summed E-state index contributed by atoms with van der Waals surface area (Å²) < 4.78 is 39.8. The number of aromatic nitrogens is 1. The van der Waals surface area contributed by atoms with Gasteiger partial charge in [-0.05, 0) is 30.3 Å². The van der Waals surface area contributed by atoms with Crippen LogP contribution in [0.1, 0.15) is 23.2 Å². The molecular weight excluding hydrogens is 381 g/mol. The van der Waals surface area contributed by atoms with Crippen molar-refractivity contribution in [2.45, 2.75) is 19.0 Å². The maximum Gasteiger partial charge on any atom is 0.416 e. The number of carbonyl (C=O) groups excluding carboxylic acids is 2. The molecule has 1 N–H and O–H groups in total. The number of amides is 1. The van der Waals surface area contributed by atoms with E-state index in [-0.39, 0.29) is 29.5 Å². The van der Waals surface area contributed by atoms with E-state index in [0.717, 1.165) is 29.1 Å². The Hall–Kier alpha value is -2.80. The van der Waals surface area contributed by atoms with Crippen LogP contribution in [0, 0.1) is 0 Å². The first-order chi connectivity index (χ1) is 12.8. The molecule has 0 spiro atoms. The first-order valence-corrected chi connectivity index (χ1v) is 8.39. The summed E-state index contributed by atoms with van der Waals surface area (Å²) in [6, 6.07) is 11.8. The quantitative estimate of drug-likeness (QED) is 0.646. The van der Waals surface area contributed by atoms with Crippen molar-refractivity contribution in [1.82, 2.24) is 4.57 Å². The van der Waals surface area contributed by atoms with Crippen molar-refractivity contribution in [2.24, 2.45) is 0 Å². The van der Waals surface area contributed by atoms with Gasteiger partial charge >= 0.3 is 6.18 Å². The van der Waals surface area contributed by atoms with E-state index in [4.69, 9.17) is 11.6 Å². The smallest absolute Gasteiger partial charge is 0.325 e. The van der Waals surface area contributed by atoms with Crippen molar-refractivity contribution < 1.29 is 22.8 Å². The van der Waals surface area contributed by atoms with Gasteiger partial charge in [0.1, 0.15) is 0 Å². The van der Waals surface area contributed by atoms with E-state index < -0.39 is 17.6 Å². The molecule has 4 nitrogen and oxygen atoms in total. The van der Waals surface area contributed by atoms with Gasteiger partial charge in [-0.3, -0.25) is 14.2 Å². The van der Waals surface area contributed by atoms with Crippen molar-refractivity contribution in [1.29, 1.82) is 0 Å². The predicted octanol–water partition coefficient (Wildman–Crippen LogP) is 5.37. The molecule has 0 fully saturated rings. The Morgan fingerprint density at radius 3 is 2.52 bits per heavy atom. The van der Waals surface area contributed by atoms with Crippen LogP contribution in [0.2, 0.25) is 5.02 Å². The van der Waals surface area contributed by atoms with E-state index >= 15 is 0 Å². The summed E-state index contributed by atoms with van der Waals surface area (Å²) in [5, 5.41) is 3.21. The van der Waals surface area contributed by atoms with Crippen molar-refractivity contribution in [3.63, 3.8) is 0 Å². The van der Waals surface area contributed by atoms with Crippen molar-refractivity contribution in [2.75, 3.05) is 5.32 Å². The Balaban J connectivity index is 1.66. The van der Waals surface area contributed by atoms with Crippen LogP contribution in [0.15, 0.2) is 54.7 Å². The number of nitrogens with one attached hydrogen (secondary N) is 1. The van der Waals surface area contributed by atoms with Crippen molar-refractivity contribution >= 4 is 40.0 Å². The molecule has 0 unspecified atom stereocenters. The van der Waals surface area contributed by atoms with Crippen molar-refractivity contribution in [3.05, 3.63) is 65.3 Å². The number of anilines is 1. The van der Waals surface area contributed by atoms with Gasteiger partial charge in [0, 0.05) is 24.4 Å². The molecule has 3 aromatic rings. The Kier molecular flexibility index (Phi) is 5.23. The van der Waals surface area contributed by atoms with E-state index in [0.29, 0.717) is 0 Å². The van der Waals surface area contributed by atoms with E-state index in [1.165, 1.54) is 4.57 Å². The number of para-hydroxylation sites is 1. The summed E-state index contributed by atoms with van der Waals surface area (Å²) in [4.78, 5) is 24.4. The zero-order valence-corrected chi connectivity index (χ0v) is 14.6. The highest BCUT2D eigenvalue weighted by Crippen LogP contribution is 2.33. The number of rotatable bonds is 4. The molecular formula is C19H14ClF3N2O2. The van der Waals surface area contributed by atoms with Crippen LogP contribution in [0.25, 0.3) is 10.9 Å². The molecule has 0 aliphatic heterocycles. The average molecular weight is 395 g/mol. The van der Waals surface area contributed by atoms with Crippen LogP contribution in [0.3, 0.4) is 0 Å². The fourth-order valence-electron chi connectivity index (χ4n) is 2.65. The standard InChI is InChI=1S/C19H14ClF3N2O2/c20-14-6-5-13(19(21,22)23)11-15(14)24-17(26)7-8-18(27)25-10-9-12-3-1-2-4-16(12)25/h1-6,9-11H,7-8H2,(H,24,26). The van der Waals surface area contributed by atoms with Gasteiger partial charge < -0.3 is 5.32 Å². The summed E-state index contributed by atoms with van der Waals surface area (Å²) >= 11 is 5.85. The van der Waals surface area contributed by atoms with E-state index in [9.17, 15) is 22.8 Å². The zero-order valence-electron chi connectivity index (χ0n) is 13.9. The molecule has 8 heteroatoms. The second kappa shape index (κ2) is 7.44. The first kappa shape index (κ1) is 19.0. The monoisotopic (exact) mass is 394 g/mol. The lowest BCUT2D eigenvalue weighted by Gasteiger charge is -2.11. The van der Waals surface area contributed by atoms with Crippen LogP contribution in [0.5, 0.6) is 0 Å². The highest BCUT2D eigenvalue weighted by molar-refractivity contribution is 6.33. The molecule has 0 aliphatic carbocycles. The van der Waals surface area contributed by atoms with Crippen LogP contribution < -0.4 is 5.32 Å². The predicted molar refractivity (Wildman–Crippen MR) is 96.9 cm³/mol. The van der Waals surface area contributed by atoms with E-state index in [1.54, 1.807) is 24.4 Å². The van der Waals surface area contributed by atoms with Crippen molar-refractivity contribution in [3.8, 4) is 0 Å². The number of carbonyl (C=O) groups is 2. The summed E-state index contributed by atoms with van der Waals surface area (Å²) in [6.07, 6.45) is -3.21. The van der Waals surface area contributed by atoms with Crippen LogP contribution >= 0.6 is 11.6 Å². The number of fused-ring (bicyclic) bond motifs is 1. The minimum absolute atomic E-state index is 0.0147. The molecule has 0 saturated carbocycles. The molecule has 0 atom stereocenters. The number of nitrogens with zero attached hydrogens (tertiary/aromatic N) is 1. The Morgan fingerprint density at radius 1 is 1.04 bits per heavy atom. The number of hydrogen-bond acceptors (Lipinski definition) is 2. The lowest BCUT2D eigenvalue weighted by Crippen LogP contribution is -2.17. The number of hydrogen-bond donors (Lipinski definition) is 1. The largest absolute Gasteiger partial charge is 0.416 e. The van der Waals surface area contributed by atoms with Crippen LogP contribution in [-0.2, 0) is 11.0 Å². The SMILES string of the molecule is O=C(CCC(=O)n1ccc2ccccc21)Nc1cc(C(F)(F)F)ccc1Cl. The van der Waals surface area contributed by atoms with Gasteiger partial charge in [0.05, 0.1) is 21.8 Å². The van der Waals surface area contributed by atoms with Gasteiger partial charge in [-0.2, -0.15) is 13.2 Å². The second-order valence-electron chi connectivity index (χ2n) is 5.88. The molecule has 140 valence electrons. The number of alkyl halides is 3. The molecule has 0 radical (unpaired) electrons. The fraction of sp³-hybridized carbons (Fsp3) is 0.158. The van der Waals surface area contributed by atoms with Gasteiger partial charge in [0.2, 0.25) is 11.8 Å². The minimum atomic E-state index is -4.55. The highest BCUT2D eigenvalue weighted by atomic mass is 35.5. The Bertz CT molecular complexity index is 1010. The summed E-state index contributed by atoms with van der Waals surface area (Å²) in [5.41, 5.74) is -0.337. The zero-order chi connectivity index (χ0) is 19.6. The first-order valence-electron chi connectivity index (χ1n) is 8.01. The van der Waals surface area contributed by atoms with E-state index in [2.05, 4.69) is 5.32 Å². The van der Waals surface area contributed by atoms with E-state index in [1.807, 2.05) is 12.1 Å². The van der Waals surface area contributed by atoms with Gasteiger partial charge in [-0.1, -0.05) is 29.8 Å². The molecule has 1 heterocycles. The molecule has 1 aromatic heterocycles. The number of halogens is 4. The lowest BCUT2D eigenvalue weighted by atomic mass is 10.2. The molecule has 0 aliphatic rings.